The summed E-state index contributed by atoms with van der Waals surface area (Å²) in [6, 6.07) is 6.80. The first-order chi connectivity index (χ1) is 5.33. The summed E-state index contributed by atoms with van der Waals surface area (Å²) >= 11 is 5.56. The Morgan fingerprint density at radius 2 is 2.00 bits per heavy atom. The Balaban J connectivity index is 0.000000461. The molecular formula is C9H11ClO. The number of hydrogen-bond acceptors (Lipinski definition) is 1. The van der Waals surface area contributed by atoms with E-state index in [0.717, 1.165) is 6.29 Å². The third kappa shape index (κ3) is 3.79. The first kappa shape index (κ1) is 10.2. The Morgan fingerprint density at radius 3 is 2.36 bits per heavy atom. The highest BCUT2D eigenvalue weighted by molar-refractivity contribution is 6.30. The van der Waals surface area contributed by atoms with E-state index in [4.69, 9.17) is 11.6 Å². The van der Waals surface area contributed by atoms with E-state index in [1.54, 1.807) is 24.3 Å². The lowest BCUT2D eigenvalue weighted by Gasteiger charge is -1.88. The Kier molecular flexibility index (Phi) is 5.49. The van der Waals surface area contributed by atoms with Crippen LogP contribution < -0.4 is 0 Å². The van der Waals surface area contributed by atoms with E-state index in [-0.39, 0.29) is 0 Å². The van der Waals surface area contributed by atoms with Crippen LogP contribution in [0.4, 0.5) is 0 Å². The predicted octanol–water partition coefficient (Wildman–Crippen LogP) is 3.18. The first-order valence-corrected chi connectivity index (χ1v) is 3.91. The molecule has 0 amide bonds. The molecule has 2 heteroatoms. The van der Waals surface area contributed by atoms with Crippen molar-refractivity contribution in [2.45, 2.75) is 13.8 Å². The van der Waals surface area contributed by atoms with Crippen LogP contribution in [0.1, 0.15) is 24.2 Å². The molecule has 0 aliphatic rings. The topological polar surface area (TPSA) is 17.1 Å². The van der Waals surface area contributed by atoms with Crippen molar-refractivity contribution in [3.63, 3.8) is 0 Å². The maximum Gasteiger partial charge on any atom is 0.150 e. The zero-order valence-corrected chi connectivity index (χ0v) is 7.43. The standard InChI is InChI=1S/C7H5ClO.C2H6/c8-7-3-1-2-6(4-7)5-9;1-2/h1-5H;1-2H3. The molecule has 1 aromatic rings. The predicted molar refractivity (Wildman–Crippen MR) is 48.2 cm³/mol. The van der Waals surface area contributed by atoms with Gasteiger partial charge in [0.1, 0.15) is 6.29 Å². The normalized spacial score (nSPS) is 7.91. The van der Waals surface area contributed by atoms with Crippen molar-refractivity contribution in [3.05, 3.63) is 34.9 Å². The zero-order chi connectivity index (χ0) is 8.69. The fraction of sp³-hybridized carbons (Fsp3) is 0.222. The van der Waals surface area contributed by atoms with Gasteiger partial charge in [-0.05, 0) is 12.1 Å². The number of hydrogen-bond donors (Lipinski definition) is 0. The van der Waals surface area contributed by atoms with Crippen LogP contribution in [0.5, 0.6) is 0 Å². The minimum absolute atomic E-state index is 0.597. The summed E-state index contributed by atoms with van der Waals surface area (Å²) in [7, 11) is 0. The quantitative estimate of drug-likeness (QED) is 0.592. The average molecular weight is 171 g/mol. The molecule has 1 aromatic carbocycles. The minimum Gasteiger partial charge on any atom is -0.298 e. The number of carbonyl (C=O) groups is 1. The van der Waals surface area contributed by atoms with Gasteiger partial charge in [0, 0.05) is 10.6 Å². The molecule has 0 bridgehead atoms. The van der Waals surface area contributed by atoms with Gasteiger partial charge in [0.2, 0.25) is 0 Å². The number of benzene rings is 1. The fourth-order valence-corrected chi connectivity index (χ4v) is 0.779. The molecule has 0 N–H and O–H groups in total. The van der Waals surface area contributed by atoms with Gasteiger partial charge in [-0.1, -0.05) is 37.6 Å². The van der Waals surface area contributed by atoms with Crippen LogP contribution in [0, 0.1) is 0 Å². The maximum atomic E-state index is 10.1. The highest BCUT2D eigenvalue weighted by atomic mass is 35.5. The van der Waals surface area contributed by atoms with Gasteiger partial charge in [-0.3, -0.25) is 4.79 Å². The smallest absolute Gasteiger partial charge is 0.150 e. The van der Waals surface area contributed by atoms with Crippen molar-refractivity contribution < 1.29 is 4.79 Å². The summed E-state index contributed by atoms with van der Waals surface area (Å²) in [6.07, 6.45) is 0.770. The van der Waals surface area contributed by atoms with E-state index in [0.29, 0.717) is 10.6 Å². The monoisotopic (exact) mass is 170 g/mol. The molecule has 0 aliphatic carbocycles. The third-order valence-electron chi connectivity index (χ3n) is 0.985. The second kappa shape index (κ2) is 5.93. The van der Waals surface area contributed by atoms with E-state index in [1.807, 2.05) is 13.8 Å². The molecule has 0 radical (unpaired) electrons. The molecule has 0 saturated carbocycles. The molecule has 11 heavy (non-hydrogen) atoms. The van der Waals surface area contributed by atoms with Crippen molar-refractivity contribution >= 4 is 17.9 Å². The van der Waals surface area contributed by atoms with Gasteiger partial charge in [0.25, 0.3) is 0 Å². The van der Waals surface area contributed by atoms with Crippen LogP contribution in [-0.4, -0.2) is 6.29 Å². The molecule has 0 aliphatic heterocycles. The summed E-state index contributed by atoms with van der Waals surface area (Å²) in [5, 5.41) is 0.597. The second-order valence-corrected chi connectivity index (χ2v) is 2.11. The highest BCUT2D eigenvalue weighted by Gasteiger charge is 1.87. The first-order valence-electron chi connectivity index (χ1n) is 3.53. The lowest BCUT2D eigenvalue weighted by Crippen LogP contribution is -1.75. The van der Waals surface area contributed by atoms with Crippen molar-refractivity contribution in [1.82, 2.24) is 0 Å². The van der Waals surface area contributed by atoms with Crippen molar-refractivity contribution in [1.29, 1.82) is 0 Å². The molecule has 0 unspecified atom stereocenters. The van der Waals surface area contributed by atoms with E-state index in [9.17, 15) is 4.79 Å². The second-order valence-electron chi connectivity index (χ2n) is 1.67. The van der Waals surface area contributed by atoms with Crippen molar-refractivity contribution in [2.24, 2.45) is 0 Å². The Hall–Kier alpha value is -0.820. The summed E-state index contributed by atoms with van der Waals surface area (Å²) < 4.78 is 0. The largest absolute Gasteiger partial charge is 0.298 e. The summed E-state index contributed by atoms with van der Waals surface area (Å²) in [5.74, 6) is 0. The van der Waals surface area contributed by atoms with Gasteiger partial charge < -0.3 is 0 Å². The summed E-state index contributed by atoms with van der Waals surface area (Å²) in [4.78, 5) is 10.1. The molecule has 1 rings (SSSR count). The molecule has 0 spiro atoms. The number of rotatable bonds is 1. The molecule has 1 nitrogen and oxygen atoms in total. The molecule has 0 atom stereocenters. The molecule has 0 fully saturated rings. The van der Waals surface area contributed by atoms with Crippen molar-refractivity contribution in [2.75, 3.05) is 0 Å². The summed E-state index contributed by atoms with van der Waals surface area (Å²) in [5.41, 5.74) is 0.613. The highest BCUT2D eigenvalue weighted by Crippen LogP contribution is 2.08. The van der Waals surface area contributed by atoms with Crippen LogP contribution in [-0.2, 0) is 0 Å². The van der Waals surface area contributed by atoms with Gasteiger partial charge >= 0.3 is 0 Å². The number of carbonyl (C=O) groups excluding carboxylic acids is 1. The fourth-order valence-electron chi connectivity index (χ4n) is 0.580. The van der Waals surface area contributed by atoms with Crippen LogP contribution in [0.15, 0.2) is 24.3 Å². The Morgan fingerprint density at radius 1 is 1.36 bits per heavy atom. The number of halogens is 1. The molecule has 0 heterocycles. The van der Waals surface area contributed by atoms with Gasteiger partial charge in [-0.25, -0.2) is 0 Å². The van der Waals surface area contributed by atoms with Crippen LogP contribution >= 0.6 is 11.6 Å². The Labute approximate surface area is 72.0 Å². The third-order valence-corrected chi connectivity index (χ3v) is 1.22. The lowest BCUT2D eigenvalue weighted by molar-refractivity contribution is 0.112. The van der Waals surface area contributed by atoms with Crippen molar-refractivity contribution in [3.8, 4) is 0 Å². The van der Waals surface area contributed by atoms with Crippen LogP contribution in [0.3, 0.4) is 0 Å². The van der Waals surface area contributed by atoms with Crippen LogP contribution in [0.25, 0.3) is 0 Å². The van der Waals surface area contributed by atoms with E-state index >= 15 is 0 Å². The van der Waals surface area contributed by atoms with Crippen LogP contribution in [0.2, 0.25) is 5.02 Å². The molecule has 60 valence electrons. The molecule has 0 saturated heterocycles. The molecular weight excluding hydrogens is 160 g/mol. The van der Waals surface area contributed by atoms with Gasteiger partial charge in [-0.2, -0.15) is 0 Å². The average Bonchev–Trinajstić information content (AvgIpc) is 2.08. The van der Waals surface area contributed by atoms with E-state index in [2.05, 4.69) is 0 Å². The molecule has 0 aromatic heterocycles. The number of aldehydes is 1. The Bertz CT molecular complexity index is 221. The minimum atomic E-state index is 0.597. The van der Waals surface area contributed by atoms with Gasteiger partial charge in [0.05, 0.1) is 0 Å². The van der Waals surface area contributed by atoms with E-state index in [1.165, 1.54) is 0 Å². The van der Waals surface area contributed by atoms with Gasteiger partial charge in [-0.15, -0.1) is 0 Å². The lowest BCUT2D eigenvalue weighted by atomic mass is 10.2. The maximum absolute atomic E-state index is 10.1. The van der Waals surface area contributed by atoms with Gasteiger partial charge in [0.15, 0.2) is 0 Å². The zero-order valence-electron chi connectivity index (χ0n) is 6.67. The van der Waals surface area contributed by atoms with E-state index < -0.39 is 0 Å². The SMILES string of the molecule is CC.O=Cc1cccc(Cl)c1. The summed E-state index contributed by atoms with van der Waals surface area (Å²) in [6.45, 7) is 4.00.